The fourth-order valence-electron chi connectivity index (χ4n) is 2.88. The van der Waals surface area contributed by atoms with Crippen LogP contribution in [0.15, 0.2) is 18.2 Å². The highest BCUT2D eigenvalue weighted by atomic mass is 16.1. The second-order valence-electron chi connectivity index (χ2n) is 5.73. The molecule has 1 aromatic carbocycles. The van der Waals surface area contributed by atoms with Crippen LogP contribution in [0, 0.1) is 24.7 Å². The smallest absolute Gasteiger partial charge is 0.251 e. The molecule has 21 heavy (non-hydrogen) atoms. The lowest BCUT2D eigenvalue weighted by atomic mass is 10.0. The maximum atomic E-state index is 12.1. The molecule has 112 valence electrons. The molecule has 1 aromatic rings. The minimum absolute atomic E-state index is 0.00873. The van der Waals surface area contributed by atoms with Crippen LogP contribution in [-0.2, 0) is 0 Å². The van der Waals surface area contributed by atoms with Crippen molar-refractivity contribution >= 4 is 5.91 Å². The van der Waals surface area contributed by atoms with Gasteiger partial charge >= 0.3 is 0 Å². The lowest BCUT2D eigenvalue weighted by molar-refractivity contribution is 0.0951. The molecule has 0 unspecified atom stereocenters. The van der Waals surface area contributed by atoms with Crippen LogP contribution in [0.25, 0.3) is 0 Å². The molecule has 3 N–H and O–H groups in total. The number of carbonyl (C=O) groups excluding carboxylic acids is 1. The molecule has 2 rings (SSSR count). The summed E-state index contributed by atoms with van der Waals surface area (Å²) in [6.45, 7) is 3.09. The minimum Gasteiger partial charge on any atom is -0.352 e. The van der Waals surface area contributed by atoms with Crippen molar-refractivity contribution < 1.29 is 4.79 Å². The van der Waals surface area contributed by atoms with Gasteiger partial charge in [0.15, 0.2) is 0 Å². The standard InChI is InChI=1S/C18H24N2O/c1-14-13-17(9-8-16(14)7-4-11-19)18(21)20-12-10-15-5-2-3-6-15/h8-9,13,15H,2-3,5-6,10-12,19H2,1H3,(H,20,21). The van der Waals surface area contributed by atoms with Gasteiger partial charge in [-0.05, 0) is 43.0 Å². The summed E-state index contributed by atoms with van der Waals surface area (Å²) in [5.74, 6) is 6.66. The average Bonchev–Trinajstić information content (AvgIpc) is 2.99. The first-order chi connectivity index (χ1) is 10.2. The second-order valence-corrected chi connectivity index (χ2v) is 5.73. The van der Waals surface area contributed by atoms with Gasteiger partial charge in [-0.2, -0.15) is 0 Å². The van der Waals surface area contributed by atoms with E-state index in [0.29, 0.717) is 12.1 Å². The quantitative estimate of drug-likeness (QED) is 0.835. The fourth-order valence-corrected chi connectivity index (χ4v) is 2.88. The maximum Gasteiger partial charge on any atom is 0.251 e. The Morgan fingerprint density at radius 2 is 2.14 bits per heavy atom. The topological polar surface area (TPSA) is 55.1 Å². The minimum atomic E-state index is 0.00873. The van der Waals surface area contributed by atoms with Gasteiger partial charge in [0.25, 0.3) is 5.91 Å². The zero-order valence-electron chi connectivity index (χ0n) is 12.7. The third-order valence-electron chi connectivity index (χ3n) is 4.13. The van der Waals surface area contributed by atoms with Crippen molar-refractivity contribution in [3.63, 3.8) is 0 Å². The van der Waals surface area contributed by atoms with Crippen LogP contribution >= 0.6 is 0 Å². The van der Waals surface area contributed by atoms with Crippen LogP contribution in [0.1, 0.15) is 53.6 Å². The van der Waals surface area contributed by atoms with Crippen LogP contribution in [0.4, 0.5) is 0 Å². The summed E-state index contributed by atoms with van der Waals surface area (Å²) in [4.78, 5) is 12.1. The molecular weight excluding hydrogens is 260 g/mol. The van der Waals surface area contributed by atoms with Crippen LogP contribution in [0.3, 0.4) is 0 Å². The predicted octanol–water partition coefficient (Wildman–Crippen LogP) is 2.62. The normalized spacial score (nSPS) is 14.6. The molecule has 3 nitrogen and oxygen atoms in total. The van der Waals surface area contributed by atoms with Crippen molar-refractivity contribution in [2.45, 2.75) is 39.0 Å². The van der Waals surface area contributed by atoms with Crippen LogP contribution in [-0.4, -0.2) is 19.0 Å². The summed E-state index contributed by atoms with van der Waals surface area (Å²) in [7, 11) is 0. The summed E-state index contributed by atoms with van der Waals surface area (Å²) in [6.07, 6.45) is 6.45. The lowest BCUT2D eigenvalue weighted by Crippen LogP contribution is -2.25. The van der Waals surface area contributed by atoms with Gasteiger partial charge in [-0.1, -0.05) is 37.5 Å². The van der Waals surface area contributed by atoms with E-state index in [9.17, 15) is 4.79 Å². The number of benzene rings is 1. The number of hydrogen-bond acceptors (Lipinski definition) is 2. The second kappa shape index (κ2) is 7.85. The molecule has 0 aromatic heterocycles. The van der Waals surface area contributed by atoms with E-state index in [1.54, 1.807) is 0 Å². The molecule has 1 aliphatic rings. The SMILES string of the molecule is Cc1cc(C(=O)NCCC2CCCC2)ccc1C#CCN. The van der Waals surface area contributed by atoms with Crippen molar-refractivity contribution in [3.8, 4) is 11.8 Å². The van der Waals surface area contributed by atoms with Crippen molar-refractivity contribution in [1.82, 2.24) is 5.32 Å². The first-order valence-corrected chi connectivity index (χ1v) is 7.78. The predicted molar refractivity (Wildman–Crippen MR) is 86.0 cm³/mol. The summed E-state index contributed by atoms with van der Waals surface area (Å²) in [6, 6.07) is 5.62. The Labute approximate surface area is 127 Å². The van der Waals surface area contributed by atoms with Gasteiger partial charge in [0.1, 0.15) is 0 Å². The molecule has 0 atom stereocenters. The van der Waals surface area contributed by atoms with E-state index in [0.717, 1.165) is 30.0 Å². The van der Waals surface area contributed by atoms with E-state index in [2.05, 4.69) is 17.2 Å². The maximum absolute atomic E-state index is 12.1. The molecule has 0 radical (unpaired) electrons. The molecule has 0 spiro atoms. The first kappa shape index (κ1) is 15.6. The van der Waals surface area contributed by atoms with E-state index < -0.39 is 0 Å². The van der Waals surface area contributed by atoms with Crippen molar-refractivity contribution in [1.29, 1.82) is 0 Å². The molecule has 1 aliphatic carbocycles. The Morgan fingerprint density at radius 1 is 1.38 bits per heavy atom. The van der Waals surface area contributed by atoms with Gasteiger partial charge in [0.05, 0.1) is 6.54 Å². The number of nitrogens with one attached hydrogen (secondary N) is 1. The average molecular weight is 284 g/mol. The number of hydrogen-bond donors (Lipinski definition) is 2. The highest BCUT2D eigenvalue weighted by molar-refractivity contribution is 5.94. The summed E-state index contributed by atoms with van der Waals surface area (Å²) in [5, 5.41) is 3.02. The Bertz CT molecular complexity index is 548. The summed E-state index contributed by atoms with van der Waals surface area (Å²) in [5.41, 5.74) is 8.03. The van der Waals surface area contributed by atoms with E-state index in [1.807, 2.05) is 25.1 Å². The Balaban J connectivity index is 1.88. The number of amides is 1. The van der Waals surface area contributed by atoms with E-state index in [4.69, 9.17) is 5.73 Å². The lowest BCUT2D eigenvalue weighted by Gasteiger charge is -2.10. The molecule has 1 amide bonds. The monoisotopic (exact) mass is 284 g/mol. The largest absolute Gasteiger partial charge is 0.352 e. The Kier molecular flexibility index (Phi) is 5.83. The summed E-state index contributed by atoms with van der Waals surface area (Å²) < 4.78 is 0. The fraction of sp³-hybridized carbons (Fsp3) is 0.500. The number of nitrogens with two attached hydrogens (primary N) is 1. The third kappa shape index (κ3) is 4.61. The van der Waals surface area contributed by atoms with Gasteiger partial charge in [-0.25, -0.2) is 0 Å². The molecule has 1 saturated carbocycles. The number of rotatable bonds is 4. The third-order valence-corrected chi connectivity index (χ3v) is 4.13. The zero-order valence-corrected chi connectivity index (χ0v) is 12.7. The Morgan fingerprint density at radius 3 is 2.81 bits per heavy atom. The summed E-state index contributed by atoms with van der Waals surface area (Å²) >= 11 is 0. The number of aryl methyl sites for hydroxylation is 1. The van der Waals surface area contributed by atoms with Crippen molar-refractivity contribution in [2.75, 3.05) is 13.1 Å². The molecule has 0 saturated heterocycles. The van der Waals surface area contributed by atoms with Gasteiger partial charge < -0.3 is 11.1 Å². The van der Waals surface area contributed by atoms with Gasteiger partial charge in [-0.15, -0.1) is 0 Å². The van der Waals surface area contributed by atoms with Crippen molar-refractivity contribution in [2.24, 2.45) is 11.7 Å². The van der Waals surface area contributed by atoms with Crippen LogP contribution in [0.2, 0.25) is 0 Å². The molecule has 0 bridgehead atoms. The Hall–Kier alpha value is -1.79. The van der Waals surface area contributed by atoms with E-state index >= 15 is 0 Å². The van der Waals surface area contributed by atoms with E-state index in [1.165, 1.54) is 25.7 Å². The number of carbonyl (C=O) groups is 1. The van der Waals surface area contributed by atoms with Crippen LogP contribution in [0.5, 0.6) is 0 Å². The molecule has 1 fully saturated rings. The van der Waals surface area contributed by atoms with Crippen molar-refractivity contribution in [3.05, 3.63) is 34.9 Å². The molecule has 0 heterocycles. The van der Waals surface area contributed by atoms with Crippen LogP contribution < -0.4 is 11.1 Å². The van der Waals surface area contributed by atoms with E-state index in [-0.39, 0.29) is 5.91 Å². The zero-order chi connectivity index (χ0) is 15.1. The van der Waals surface area contributed by atoms with Gasteiger partial charge in [0.2, 0.25) is 0 Å². The van der Waals surface area contributed by atoms with Gasteiger partial charge in [-0.3, -0.25) is 4.79 Å². The highest BCUT2D eigenvalue weighted by Crippen LogP contribution is 2.26. The highest BCUT2D eigenvalue weighted by Gasteiger charge is 2.15. The molecule has 0 aliphatic heterocycles. The molecular formula is C18H24N2O. The molecule has 3 heteroatoms. The first-order valence-electron chi connectivity index (χ1n) is 7.78. The van der Waals surface area contributed by atoms with Gasteiger partial charge in [0, 0.05) is 17.7 Å².